The van der Waals surface area contributed by atoms with E-state index in [4.69, 9.17) is 9.47 Å². The van der Waals surface area contributed by atoms with E-state index in [2.05, 4.69) is 16.0 Å². The van der Waals surface area contributed by atoms with E-state index in [0.717, 1.165) is 42.2 Å². The lowest BCUT2D eigenvalue weighted by molar-refractivity contribution is 0.320. The lowest BCUT2D eigenvalue weighted by atomic mass is 10.1. The highest BCUT2D eigenvalue weighted by molar-refractivity contribution is 5.48. The van der Waals surface area contributed by atoms with Gasteiger partial charge in [0.05, 0.1) is 7.11 Å². The third kappa shape index (κ3) is 3.92. The molecule has 5 nitrogen and oxygen atoms in total. The number of likely N-dealkylation sites (tertiary alicyclic amines) is 1. The zero-order chi connectivity index (χ0) is 17.8. The first-order valence-electron chi connectivity index (χ1n) is 8.56. The number of nitriles is 1. The molecule has 130 valence electrons. The van der Waals surface area contributed by atoms with Crippen molar-refractivity contribution in [3.63, 3.8) is 0 Å². The van der Waals surface area contributed by atoms with Gasteiger partial charge in [-0.3, -0.25) is 4.90 Å². The van der Waals surface area contributed by atoms with Gasteiger partial charge < -0.3 is 9.47 Å². The minimum atomic E-state index is 0.359. The minimum absolute atomic E-state index is 0.359. The van der Waals surface area contributed by atoms with Crippen LogP contribution in [0.25, 0.3) is 0 Å². The van der Waals surface area contributed by atoms with E-state index >= 15 is 0 Å². The standard InChI is InChI=1S/C20H23N3O2/c1-14-10-15(2)22-20(18(14)12-21)25-17-6-7-19(24-3)16(11-17)13-23-8-4-5-9-23/h6-7,10-11H,4-5,8-9,13H2,1-3H3. The van der Waals surface area contributed by atoms with Gasteiger partial charge in [0.15, 0.2) is 0 Å². The molecule has 0 atom stereocenters. The van der Waals surface area contributed by atoms with Crippen LogP contribution in [0.1, 0.15) is 35.2 Å². The molecule has 3 rings (SSSR count). The van der Waals surface area contributed by atoms with Crippen LogP contribution in [0.4, 0.5) is 0 Å². The fourth-order valence-electron chi connectivity index (χ4n) is 3.25. The normalized spacial score (nSPS) is 14.3. The van der Waals surface area contributed by atoms with E-state index in [-0.39, 0.29) is 0 Å². The van der Waals surface area contributed by atoms with Crippen molar-refractivity contribution < 1.29 is 9.47 Å². The van der Waals surface area contributed by atoms with E-state index < -0.39 is 0 Å². The molecule has 2 aromatic rings. The lowest BCUT2D eigenvalue weighted by Gasteiger charge is -2.18. The summed E-state index contributed by atoms with van der Waals surface area (Å²) in [6, 6.07) is 9.82. The van der Waals surface area contributed by atoms with E-state index in [1.165, 1.54) is 12.8 Å². The Morgan fingerprint density at radius 2 is 1.96 bits per heavy atom. The molecule has 1 aromatic heterocycles. The van der Waals surface area contributed by atoms with Gasteiger partial charge in [0, 0.05) is 17.8 Å². The van der Waals surface area contributed by atoms with E-state index in [1.54, 1.807) is 7.11 Å². The smallest absolute Gasteiger partial charge is 0.237 e. The number of hydrogen-bond acceptors (Lipinski definition) is 5. The summed E-state index contributed by atoms with van der Waals surface area (Å²) in [6.07, 6.45) is 2.49. The molecule has 0 bridgehead atoms. The average Bonchev–Trinajstić information content (AvgIpc) is 3.08. The summed E-state index contributed by atoms with van der Waals surface area (Å²) in [6.45, 7) is 6.86. The van der Waals surface area contributed by atoms with Crippen LogP contribution in [0.15, 0.2) is 24.3 Å². The summed E-state index contributed by atoms with van der Waals surface area (Å²) < 4.78 is 11.5. The summed E-state index contributed by atoms with van der Waals surface area (Å²) in [7, 11) is 1.68. The van der Waals surface area contributed by atoms with Gasteiger partial charge in [0.1, 0.15) is 23.1 Å². The van der Waals surface area contributed by atoms with Crippen molar-refractivity contribution >= 4 is 0 Å². The van der Waals surface area contributed by atoms with Crippen LogP contribution in [0.2, 0.25) is 0 Å². The summed E-state index contributed by atoms with van der Waals surface area (Å²) in [5.74, 6) is 1.88. The van der Waals surface area contributed by atoms with Crippen LogP contribution in [-0.4, -0.2) is 30.1 Å². The van der Waals surface area contributed by atoms with Crippen LogP contribution in [0.3, 0.4) is 0 Å². The van der Waals surface area contributed by atoms with Gasteiger partial charge in [-0.1, -0.05) is 0 Å². The maximum Gasteiger partial charge on any atom is 0.237 e. The Morgan fingerprint density at radius 1 is 1.20 bits per heavy atom. The second-order valence-electron chi connectivity index (χ2n) is 6.43. The molecule has 5 heteroatoms. The number of ether oxygens (including phenoxy) is 2. The Morgan fingerprint density at radius 3 is 2.64 bits per heavy atom. The first-order chi connectivity index (χ1) is 12.1. The van der Waals surface area contributed by atoms with E-state index in [0.29, 0.717) is 17.2 Å². The van der Waals surface area contributed by atoms with E-state index in [1.807, 2.05) is 38.1 Å². The van der Waals surface area contributed by atoms with Crippen molar-refractivity contribution in [2.75, 3.05) is 20.2 Å². The summed E-state index contributed by atoms with van der Waals surface area (Å²) >= 11 is 0. The number of aryl methyl sites for hydroxylation is 2. The third-order valence-corrected chi connectivity index (χ3v) is 4.48. The second-order valence-corrected chi connectivity index (χ2v) is 6.43. The van der Waals surface area contributed by atoms with Gasteiger partial charge in [-0.15, -0.1) is 0 Å². The maximum atomic E-state index is 9.40. The molecule has 1 aromatic carbocycles. The average molecular weight is 337 g/mol. The SMILES string of the molecule is COc1ccc(Oc2nc(C)cc(C)c2C#N)cc1CN1CCCC1. The number of methoxy groups -OCH3 is 1. The summed E-state index contributed by atoms with van der Waals surface area (Å²) in [5.41, 5.74) is 3.26. The van der Waals surface area contributed by atoms with Gasteiger partial charge in [-0.25, -0.2) is 4.98 Å². The summed E-state index contributed by atoms with van der Waals surface area (Å²) in [4.78, 5) is 6.80. The predicted molar refractivity (Wildman–Crippen MR) is 96.0 cm³/mol. The third-order valence-electron chi connectivity index (χ3n) is 4.48. The molecule has 1 aliphatic heterocycles. The van der Waals surface area contributed by atoms with Crippen LogP contribution in [0.5, 0.6) is 17.4 Å². The molecular weight excluding hydrogens is 314 g/mol. The molecule has 2 heterocycles. The van der Waals surface area contributed by atoms with Gasteiger partial charge in [-0.2, -0.15) is 5.26 Å². The lowest BCUT2D eigenvalue weighted by Crippen LogP contribution is -2.18. The number of rotatable bonds is 5. The maximum absolute atomic E-state index is 9.40. The van der Waals surface area contributed by atoms with E-state index in [9.17, 15) is 5.26 Å². The number of pyridine rings is 1. The largest absolute Gasteiger partial charge is 0.496 e. The quantitative estimate of drug-likeness (QED) is 0.826. The monoisotopic (exact) mass is 337 g/mol. The Balaban J connectivity index is 1.89. The predicted octanol–water partition coefficient (Wildman–Crippen LogP) is 3.97. The molecule has 0 radical (unpaired) electrons. The van der Waals surface area contributed by atoms with Crippen LogP contribution in [-0.2, 0) is 6.54 Å². The zero-order valence-electron chi connectivity index (χ0n) is 15.0. The molecule has 1 saturated heterocycles. The fraction of sp³-hybridized carbons (Fsp3) is 0.400. The zero-order valence-corrected chi connectivity index (χ0v) is 15.0. The van der Waals surface area contributed by atoms with Crippen molar-refractivity contribution in [1.82, 2.24) is 9.88 Å². The molecule has 0 unspecified atom stereocenters. The minimum Gasteiger partial charge on any atom is -0.496 e. The Bertz CT molecular complexity index is 805. The number of hydrogen-bond donors (Lipinski definition) is 0. The fourth-order valence-corrected chi connectivity index (χ4v) is 3.25. The van der Waals surface area contributed by atoms with Crippen molar-refractivity contribution in [1.29, 1.82) is 5.26 Å². The molecule has 0 spiro atoms. The van der Waals surface area contributed by atoms with Crippen molar-refractivity contribution in [3.05, 3.63) is 46.6 Å². The number of nitrogens with zero attached hydrogens (tertiary/aromatic N) is 3. The molecule has 1 aliphatic rings. The molecule has 0 amide bonds. The molecule has 0 saturated carbocycles. The molecule has 0 aliphatic carbocycles. The topological polar surface area (TPSA) is 58.4 Å². The number of benzene rings is 1. The van der Waals surface area contributed by atoms with Crippen LogP contribution >= 0.6 is 0 Å². The second kappa shape index (κ2) is 7.54. The first-order valence-corrected chi connectivity index (χ1v) is 8.56. The Kier molecular flexibility index (Phi) is 5.20. The van der Waals surface area contributed by atoms with Crippen molar-refractivity contribution in [2.24, 2.45) is 0 Å². The van der Waals surface area contributed by atoms with Crippen molar-refractivity contribution in [2.45, 2.75) is 33.2 Å². The molecule has 1 fully saturated rings. The highest BCUT2D eigenvalue weighted by Gasteiger charge is 2.16. The number of aromatic nitrogens is 1. The van der Waals surface area contributed by atoms with Gasteiger partial charge in [0.25, 0.3) is 0 Å². The molecule has 0 N–H and O–H groups in total. The van der Waals surface area contributed by atoms with Gasteiger partial charge >= 0.3 is 0 Å². The Hall–Kier alpha value is -2.58. The van der Waals surface area contributed by atoms with Crippen LogP contribution in [0, 0.1) is 25.2 Å². The molecular formula is C20H23N3O2. The van der Waals surface area contributed by atoms with Crippen molar-refractivity contribution in [3.8, 4) is 23.4 Å². The van der Waals surface area contributed by atoms with Gasteiger partial charge in [-0.05, 0) is 69.6 Å². The highest BCUT2D eigenvalue weighted by Crippen LogP contribution is 2.31. The molecule has 25 heavy (non-hydrogen) atoms. The van der Waals surface area contributed by atoms with Crippen LogP contribution < -0.4 is 9.47 Å². The summed E-state index contributed by atoms with van der Waals surface area (Å²) in [5, 5.41) is 9.40. The Labute approximate surface area is 148 Å². The first kappa shape index (κ1) is 17.2. The van der Waals surface area contributed by atoms with Gasteiger partial charge in [0.2, 0.25) is 5.88 Å². The highest BCUT2D eigenvalue weighted by atomic mass is 16.5.